The first-order valence-electron chi connectivity index (χ1n) is 5.62. The lowest BCUT2D eigenvalue weighted by molar-refractivity contribution is 0.281. The lowest BCUT2D eigenvalue weighted by atomic mass is 10.1. The van der Waals surface area contributed by atoms with Crippen molar-refractivity contribution in [2.45, 2.75) is 20.1 Å². The fraction of sp³-hybridized carbons (Fsp3) is 0.214. The van der Waals surface area contributed by atoms with Crippen LogP contribution >= 0.6 is 0 Å². The molecule has 0 aliphatic rings. The number of aliphatic hydroxyl groups excluding tert-OH is 1. The molecule has 0 atom stereocenters. The van der Waals surface area contributed by atoms with Gasteiger partial charge in [0.1, 0.15) is 0 Å². The molecule has 3 nitrogen and oxygen atoms in total. The van der Waals surface area contributed by atoms with Crippen molar-refractivity contribution in [2.24, 2.45) is 0 Å². The van der Waals surface area contributed by atoms with Crippen molar-refractivity contribution in [1.82, 2.24) is 4.98 Å². The molecule has 0 fully saturated rings. The molecule has 0 bridgehead atoms. The maximum atomic E-state index is 9.05. The van der Waals surface area contributed by atoms with Crippen LogP contribution < -0.4 is 5.32 Å². The Morgan fingerprint density at radius 2 is 2.00 bits per heavy atom. The second-order valence-electron chi connectivity index (χ2n) is 4.08. The Labute approximate surface area is 101 Å². The summed E-state index contributed by atoms with van der Waals surface area (Å²) in [5.74, 6) is 0. The van der Waals surface area contributed by atoms with E-state index in [0.717, 1.165) is 28.9 Å². The van der Waals surface area contributed by atoms with Gasteiger partial charge in [0.05, 0.1) is 12.3 Å². The van der Waals surface area contributed by atoms with E-state index in [0.29, 0.717) is 0 Å². The summed E-state index contributed by atoms with van der Waals surface area (Å²) in [6.07, 6.45) is 3.64. The van der Waals surface area contributed by atoms with Crippen molar-refractivity contribution >= 4 is 5.69 Å². The number of hydrogen-bond acceptors (Lipinski definition) is 3. The van der Waals surface area contributed by atoms with Crippen molar-refractivity contribution in [3.63, 3.8) is 0 Å². The molecule has 2 rings (SSSR count). The molecule has 0 saturated heterocycles. The number of benzene rings is 1. The Balaban J connectivity index is 2.02. The Hall–Kier alpha value is -1.87. The van der Waals surface area contributed by atoms with Gasteiger partial charge in [0, 0.05) is 18.9 Å². The number of hydrogen-bond donors (Lipinski definition) is 2. The molecule has 88 valence electrons. The van der Waals surface area contributed by atoms with E-state index < -0.39 is 0 Å². The van der Waals surface area contributed by atoms with Gasteiger partial charge in [-0.15, -0.1) is 0 Å². The fourth-order valence-corrected chi connectivity index (χ4v) is 1.69. The number of nitrogens with zero attached hydrogens (tertiary/aromatic N) is 1. The highest BCUT2D eigenvalue weighted by Gasteiger charge is 1.96. The topological polar surface area (TPSA) is 45.2 Å². The second-order valence-corrected chi connectivity index (χ2v) is 4.08. The molecule has 17 heavy (non-hydrogen) atoms. The van der Waals surface area contributed by atoms with E-state index >= 15 is 0 Å². The SMILES string of the molecule is Cc1cncc(NCc2cccc(CO)c2)c1. The maximum absolute atomic E-state index is 9.05. The summed E-state index contributed by atoms with van der Waals surface area (Å²) < 4.78 is 0. The molecule has 0 spiro atoms. The summed E-state index contributed by atoms with van der Waals surface area (Å²) in [6.45, 7) is 2.84. The van der Waals surface area contributed by atoms with Crippen LogP contribution in [0.25, 0.3) is 0 Å². The summed E-state index contributed by atoms with van der Waals surface area (Å²) in [7, 11) is 0. The number of rotatable bonds is 4. The van der Waals surface area contributed by atoms with E-state index in [9.17, 15) is 0 Å². The molecule has 0 amide bonds. The Kier molecular flexibility index (Phi) is 3.73. The number of anilines is 1. The van der Waals surface area contributed by atoms with E-state index in [1.54, 1.807) is 0 Å². The van der Waals surface area contributed by atoms with Gasteiger partial charge in [0.2, 0.25) is 0 Å². The summed E-state index contributed by atoms with van der Waals surface area (Å²) in [4.78, 5) is 4.13. The predicted molar refractivity (Wildman–Crippen MR) is 68.7 cm³/mol. The van der Waals surface area contributed by atoms with Gasteiger partial charge in [-0.3, -0.25) is 4.98 Å². The van der Waals surface area contributed by atoms with Crippen molar-refractivity contribution in [3.8, 4) is 0 Å². The largest absolute Gasteiger partial charge is 0.392 e. The van der Waals surface area contributed by atoms with Crippen molar-refractivity contribution in [1.29, 1.82) is 0 Å². The van der Waals surface area contributed by atoms with Crippen LogP contribution in [0.4, 0.5) is 5.69 Å². The van der Waals surface area contributed by atoms with Crippen LogP contribution in [0.5, 0.6) is 0 Å². The van der Waals surface area contributed by atoms with Crippen LogP contribution in [-0.2, 0) is 13.2 Å². The third-order valence-electron chi connectivity index (χ3n) is 2.55. The van der Waals surface area contributed by atoms with E-state index in [1.807, 2.05) is 43.6 Å². The summed E-state index contributed by atoms with van der Waals surface area (Å²) >= 11 is 0. The van der Waals surface area contributed by atoms with Crippen LogP contribution in [0.1, 0.15) is 16.7 Å². The van der Waals surface area contributed by atoms with Gasteiger partial charge in [-0.1, -0.05) is 24.3 Å². The predicted octanol–water partition coefficient (Wildman–Crippen LogP) is 2.49. The average Bonchev–Trinajstić information content (AvgIpc) is 2.37. The third-order valence-corrected chi connectivity index (χ3v) is 2.55. The normalized spacial score (nSPS) is 10.2. The number of nitrogens with one attached hydrogen (secondary N) is 1. The zero-order valence-electron chi connectivity index (χ0n) is 9.85. The first kappa shape index (κ1) is 11.6. The van der Waals surface area contributed by atoms with Gasteiger partial charge in [-0.25, -0.2) is 0 Å². The monoisotopic (exact) mass is 228 g/mol. The molecular weight excluding hydrogens is 212 g/mol. The number of aliphatic hydroxyl groups is 1. The molecule has 1 aromatic carbocycles. The van der Waals surface area contributed by atoms with E-state index in [-0.39, 0.29) is 6.61 Å². The van der Waals surface area contributed by atoms with Gasteiger partial charge in [0.15, 0.2) is 0 Å². The summed E-state index contributed by atoms with van der Waals surface area (Å²) in [5, 5.41) is 12.4. The minimum atomic E-state index is 0.0832. The lowest BCUT2D eigenvalue weighted by Gasteiger charge is -2.07. The van der Waals surface area contributed by atoms with Gasteiger partial charge in [0.25, 0.3) is 0 Å². The molecule has 0 radical (unpaired) electrons. The minimum Gasteiger partial charge on any atom is -0.392 e. The lowest BCUT2D eigenvalue weighted by Crippen LogP contribution is -2.00. The minimum absolute atomic E-state index is 0.0832. The Morgan fingerprint density at radius 1 is 1.18 bits per heavy atom. The molecule has 2 aromatic rings. The highest BCUT2D eigenvalue weighted by Crippen LogP contribution is 2.11. The molecular formula is C14H16N2O. The Morgan fingerprint density at radius 3 is 2.76 bits per heavy atom. The van der Waals surface area contributed by atoms with Crippen molar-refractivity contribution < 1.29 is 5.11 Å². The molecule has 0 aliphatic carbocycles. The average molecular weight is 228 g/mol. The van der Waals surface area contributed by atoms with E-state index in [2.05, 4.69) is 16.4 Å². The standard InChI is InChI=1S/C14H16N2O/c1-11-5-14(9-15-7-11)16-8-12-3-2-4-13(6-12)10-17/h2-7,9,16-17H,8,10H2,1H3. The van der Waals surface area contributed by atoms with Gasteiger partial charge in [-0.2, -0.15) is 0 Å². The molecule has 0 unspecified atom stereocenters. The van der Waals surface area contributed by atoms with E-state index in [1.165, 1.54) is 0 Å². The van der Waals surface area contributed by atoms with Crippen LogP contribution in [0, 0.1) is 6.92 Å². The highest BCUT2D eigenvalue weighted by molar-refractivity contribution is 5.43. The fourth-order valence-electron chi connectivity index (χ4n) is 1.69. The zero-order valence-corrected chi connectivity index (χ0v) is 9.85. The Bertz CT molecular complexity index is 497. The molecule has 1 heterocycles. The summed E-state index contributed by atoms with van der Waals surface area (Å²) in [6, 6.07) is 9.96. The third kappa shape index (κ3) is 3.29. The van der Waals surface area contributed by atoms with Crippen LogP contribution in [0.2, 0.25) is 0 Å². The van der Waals surface area contributed by atoms with Crippen LogP contribution in [0.15, 0.2) is 42.7 Å². The molecule has 2 N–H and O–H groups in total. The second kappa shape index (κ2) is 5.46. The van der Waals surface area contributed by atoms with Crippen LogP contribution in [-0.4, -0.2) is 10.1 Å². The van der Waals surface area contributed by atoms with Gasteiger partial charge >= 0.3 is 0 Å². The van der Waals surface area contributed by atoms with E-state index in [4.69, 9.17) is 5.11 Å². The summed E-state index contributed by atoms with van der Waals surface area (Å²) in [5.41, 5.74) is 4.24. The molecule has 0 saturated carbocycles. The number of aromatic nitrogens is 1. The van der Waals surface area contributed by atoms with Crippen molar-refractivity contribution in [3.05, 3.63) is 59.4 Å². The highest BCUT2D eigenvalue weighted by atomic mass is 16.3. The number of aryl methyl sites for hydroxylation is 1. The quantitative estimate of drug-likeness (QED) is 0.845. The maximum Gasteiger partial charge on any atom is 0.0681 e. The number of pyridine rings is 1. The smallest absolute Gasteiger partial charge is 0.0681 e. The van der Waals surface area contributed by atoms with Gasteiger partial charge < -0.3 is 10.4 Å². The molecule has 3 heteroatoms. The molecule has 0 aliphatic heterocycles. The van der Waals surface area contributed by atoms with Crippen LogP contribution in [0.3, 0.4) is 0 Å². The molecule has 1 aromatic heterocycles. The first-order valence-corrected chi connectivity index (χ1v) is 5.62. The first-order chi connectivity index (χ1) is 8.28. The zero-order chi connectivity index (χ0) is 12.1. The van der Waals surface area contributed by atoms with Gasteiger partial charge in [-0.05, 0) is 29.7 Å². The van der Waals surface area contributed by atoms with Crippen molar-refractivity contribution in [2.75, 3.05) is 5.32 Å².